The Morgan fingerprint density at radius 1 is 1.23 bits per heavy atom. The zero-order valence-electron chi connectivity index (χ0n) is 8.56. The third kappa shape index (κ3) is 1.34. The highest BCUT2D eigenvalue weighted by molar-refractivity contribution is 7.34. The lowest BCUT2D eigenvalue weighted by atomic mass is 9.40. The van der Waals surface area contributed by atoms with E-state index in [2.05, 4.69) is 20.8 Å². The van der Waals surface area contributed by atoms with Crippen molar-refractivity contribution >= 4 is 28.5 Å². The first-order chi connectivity index (χ1) is 5.94. The highest BCUT2D eigenvalue weighted by Gasteiger charge is 2.57. The van der Waals surface area contributed by atoms with Gasteiger partial charge in [-0.3, -0.25) is 0 Å². The predicted molar refractivity (Wildman–Crippen MR) is 60.4 cm³/mol. The van der Waals surface area contributed by atoms with Crippen LogP contribution in [0, 0.1) is 23.2 Å². The lowest BCUT2D eigenvalue weighted by molar-refractivity contribution is -0.0984. The number of fused-ring (bicyclic) bond motifs is 2. The Morgan fingerprint density at radius 2 is 1.85 bits per heavy atom. The molecule has 0 saturated heterocycles. The molecule has 0 unspecified atom stereocenters. The molecule has 4 atom stereocenters. The van der Waals surface area contributed by atoms with E-state index < -0.39 is 0 Å². The van der Waals surface area contributed by atoms with E-state index in [0.717, 1.165) is 11.8 Å². The van der Waals surface area contributed by atoms with Gasteiger partial charge in [-0.05, 0) is 35.4 Å². The minimum absolute atomic E-state index is 0.156. The summed E-state index contributed by atoms with van der Waals surface area (Å²) >= 11 is 12.0. The van der Waals surface area contributed by atoms with Crippen LogP contribution < -0.4 is 0 Å². The van der Waals surface area contributed by atoms with Gasteiger partial charge in [-0.15, -0.1) is 0 Å². The molecule has 74 valence electrons. The Labute approximate surface area is 91.3 Å². The molecule has 2 bridgehead atoms. The maximum atomic E-state index is 6.00. The van der Waals surface area contributed by atoms with Gasteiger partial charge in [0, 0.05) is 0 Å². The van der Waals surface area contributed by atoms with Crippen LogP contribution in [0.15, 0.2) is 0 Å². The van der Waals surface area contributed by atoms with Gasteiger partial charge in [0.1, 0.15) is 0 Å². The van der Waals surface area contributed by atoms with Crippen molar-refractivity contribution in [2.45, 2.75) is 39.4 Å². The molecule has 3 heteroatoms. The smallest absolute Gasteiger partial charge is 0.171 e. The topological polar surface area (TPSA) is 0 Å². The van der Waals surface area contributed by atoms with Gasteiger partial charge in [-0.25, -0.2) is 0 Å². The van der Waals surface area contributed by atoms with Crippen LogP contribution in [0.2, 0.25) is 5.82 Å². The van der Waals surface area contributed by atoms with Crippen LogP contribution in [0.1, 0.15) is 33.6 Å². The van der Waals surface area contributed by atoms with Crippen molar-refractivity contribution in [3.63, 3.8) is 0 Å². The molecule has 0 aromatic heterocycles. The first kappa shape index (κ1) is 10.2. The molecule has 3 fully saturated rings. The van der Waals surface area contributed by atoms with Gasteiger partial charge in [0.2, 0.25) is 0 Å². The van der Waals surface area contributed by atoms with E-state index in [9.17, 15) is 0 Å². The first-order valence-corrected chi connectivity index (χ1v) is 6.10. The Bertz CT molecular complexity index is 213. The van der Waals surface area contributed by atoms with Gasteiger partial charge < -0.3 is 0 Å². The molecule has 3 rings (SSSR count). The quantitative estimate of drug-likeness (QED) is 0.584. The van der Waals surface area contributed by atoms with Gasteiger partial charge in [-0.1, -0.05) is 27.2 Å². The summed E-state index contributed by atoms with van der Waals surface area (Å²) in [4.78, 5) is 0. The lowest BCUT2D eigenvalue weighted by Crippen LogP contribution is -2.54. The third-order valence-electron chi connectivity index (χ3n) is 4.74. The Kier molecular flexibility index (Phi) is 2.40. The number of rotatable bonds is 1. The largest absolute Gasteiger partial charge is 0.355 e. The van der Waals surface area contributed by atoms with Crippen LogP contribution in [0.4, 0.5) is 0 Å². The molecule has 0 aromatic rings. The minimum atomic E-state index is -0.156. The average molecular weight is 219 g/mol. The molecule has 0 nitrogen and oxygen atoms in total. The molecule has 0 N–H and O–H groups in total. The van der Waals surface area contributed by atoms with Gasteiger partial charge in [0.05, 0.1) is 0 Å². The monoisotopic (exact) mass is 218 g/mol. The van der Waals surface area contributed by atoms with E-state index in [0.29, 0.717) is 17.2 Å². The van der Waals surface area contributed by atoms with Crippen molar-refractivity contribution in [1.29, 1.82) is 0 Å². The summed E-state index contributed by atoms with van der Waals surface area (Å²) in [6.07, 6.45) is 2.65. The molecule has 3 aliphatic rings. The molecular formula is C10H17BCl2. The summed E-state index contributed by atoms with van der Waals surface area (Å²) in [5.74, 6) is 2.98. The second-order valence-electron chi connectivity index (χ2n) is 5.45. The van der Waals surface area contributed by atoms with E-state index in [4.69, 9.17) is 22.9 Å². The first-order valence-electron chi connectivity index (χ1n) is 5.22. The molecule has 0 spiro atoms. The maximum absolute atomic E-state index is 6.00. The SMILES string of the molecule is C[C@H]1[C@H]2C[C@@H](C[C@H]1B(Cl)Cl)C2(C)C. The van der Waals surface area contributed by atoms with Crippen molar-refractivity contribution < 1.29 is 0 Å². The second kappa shape index (κ2) is 3.07. The number of hydrogen-bond donors (Lipinski definition) is 0. The van der Waals surface area contributed by atoms with E-state index in [-0.39, 0.29) is 5.54 Å². The molecule has 13 heavy (non-hydrogen) atoms. The van der Waals surface area contributed by atoms with Crippen molar-refractivity contribution in [2.24, 2.45) is 23.2 Å². The maximum Gasteiger partial charge on any atom is 0.355 e. The molecule has 3 aliphatic carbocycles. The van der Waals surface area contributed by atoms with Gasteiger partial charge >= 0.3 is 5.54 Å². The Morgan fingerprint density at radius 3 is 2.23 bits per heavy atom. The van der Waals surface area contributed by atoms with Crippen LogP contribution in [0.3, 0.4) is 0 Å². The Hall–Kier alpha value is 0.645. The summed E-state index contributed by atoms with van der Waals surface area (Å²) < 4.78 is 0. The molecule has 0 aromatic carbocycles. The lowest BCUT2D eigenvalue weighted by Gasteiger charge is -2.62. The van der Waals surface area contributed by atoms with Gasteiger partial charge in [0.25, 0.3) is 0 Å². The van der Waals surface area contributed by atoms with E-state index in [1.807, 2.05) is 0 Å². The highest BCUT2D eigenvalue weighted by Crippen LogP contribution is 2.65. The number of halogens is 2. The van der Waals surface area contributed by atoms with Crippen LogP contribution >= 0.6 is 22.9 Å². The summed E-state index contributed by atoms with van der Waals surface area (Å²) in [6, 6.07) is 0. The molecule has 3 saturated carbocycles. The molecular weight excluding hydrogens is 202 g/mol. The summed E-state index contributed by atoms with van der Waals surface area (Å²) in [5.41, 5.74) is 0.398. The zero-order valence-corrected chi connectivity index (χ0v) is 10.1. The van der Waals surface area contributed by atoms with Crippen molar-refractivity contribution in [3.05, 3.63) is 0 Å². The average Bonchev–Trinajstić information content (AvgIpc) is 2.02. The minimum Gasteiger partial charge on any atom is -0.171 e. The number of hydrogen-bond acceptors (Lipinski definition) is 0. The standard InChI is InChI=1S/C10H17BCl2/c1-6-8-4-7(10(8,2)3)5-9(6)11(12)13/h6-9H,4-5H2,1-3H3/t6-,7-,8+,9+/m0/s1. The van der Waals surface area contributed by atoms with Gasteiger partial charge in [0.15, 0.2) is 0 Å². The third-order valence-corrected chi connectivity index (χ3v) is 5.38. The predicted octanol–water partition coefficient (Wildman–Crippen LogP) is 4.02. The summed E-state index contributed by atoms with van der Waals surface area (Å²) in [6.45, 7) is 7.12. The van der Waals surface area contributed by atoms with Crippen molar-refractivity contribution in [2.75, 3.05) is 0 Å². The Balaban J connectivity index is 2.12. The van der Waals surface area contributed by atoms with E-state index in [1.165, 1.54) is 12.8 Å². The van der Waals surface area contributed by atoms with Gasteiger partial charge in [-0.2, -0.15) is 22.9 Å². The van der Waals surface area contributed by atoms with Crippen molar-refractivity contribution in [1.82, 2.24) is 0 Å². The van der Waals surface area contributed by atoms with E-state index >= 15 is 0 Å². The molecule has 0 radical (unpaired) electrons. The fourth-order valence-electron chi connectivity index (χ4n) is 3.52. The second-order valence-corrected chi connectivity index (χ2v) is 6.62. The zero-order chi connectivity index (χ0) is 9.80. The molecule has 0 heterocycles. The molecule has 0 aliphatic heterocycles. The highest BCUT2D eigenvalue weighted by atomic mass is 35.5. The van der Waals surface area contributed by atoms with Crippen LogP contribution in [-0.2, 0) is 0 Å². The van der Waals surface area contributed by atoms with Crippen LogP contribution in [0.5, 0.6) is 0 Å². The normalized spacial score (nSPS) is 46.8. The van der Waals surface area contributed by atoms with Crippen molar-refractivity contribution in [3.8, 4) is 0 Å². The molecule has 0 amide bonds. The van der Waals surface area contributed by atoms with Crippen LogP contribution in [0.25, 0.3) is 0 Å². The fraction of sp³-hybridized carbons (Fsp3) is 1.00. The van der Waals surface area contributed by atoms with E-state index in [1.54, 1.807) is 0 Å². The fourth-order valence-corrected chi connectivity index (χ4v) is 4.19. The summed E-state index contributed by atoms with van der Waals surface area (Å²) in [5, 5.41) is 0. The van der Waals surface area contributed by atoms with Crippen LogP contribution in [-0.4, -0.2) is 5.54 Å². The summed E-state index contributed by atoms with van der Waals surface area (Å²) in [7, 11) is 0.